The number of rotatable bonds is 18. The summed E-state index contributed by atoms with van der Waals surface area (Å²) in [6.45, 7) is 18.4. The lowest BCUT2D eigenvalue weighted by Crippen LogP contribution is -2.55. The Morgan fingerprint density at radius 3 is 0.967 bits per heavy atom. The van der Waals surface area contributed by atoms with Gasteiger partial charge in [0.25, 0.3) is 23.6 Å². The zero-order valence-corrected chi connectivity index (χ0v) is 55.5. The summed E-state index contributed by atoms with van der Waals surface area (Å²) in [5, 5.41) is 9.06. The Balaban J connectivity index is 1.22. The lowest BCUT2D eigenvalue weighted by Gasteiger charge is -2.35. The van der Waals surface area contributed by atoms with Gasteiger partial charge in [0.1, 0.15) is 24.2 Å². The first-order valence-electron chi connectivity index (χ1n) is 31.6. The molecule has 92 heavy (non-hydrogen) atoms. The highest BCUT2D eigenvalue weighted by Crippen LogP contribution is 2.26. The molecule has 6 aromatic rings. The maximum atomic E-state index is 15.2. The van der Waals surface area contributed by atoms with Gasteiger partial charge < -0.3 is 38.5 Å². The first kappa shape index (κ1) is 70.4. The minimum Gasteiger partial charge on any atom is -0.451 e. The van der Waals surface area contributed by atoms with Gasteiger partial charge in [-0.25, -0.2) is 19.2 Å². The molecule has 0 bridgehead atoms. The minimum absolute atomic E-state index is 0.0673. The molecule has 4 amide bonds. The van der Waals surface area contributed by atoms with E-state index in [2.05, 4.69) is 20.2 Å². The van der Waals surface area contributed by atoms with Crippen LogP contribution in [0, 0.1) is 23.7 Å². The number of hydrogen-bond donors (Lipinski definition) is 0. The molecule has 4 aromatic heterocycles. The Kier molecular flexibility index (Phi) is 24.7. The number of nitrogens with zero attached hydrogens (tertiary/aromatic N) is 10. The van der Waals surface area contributed by atoms with Crippen LogP contribution in [0.25, 0.3) is 22.3 Å². The molecule has 22 nitrogen and oxygen atoms in total. The maximum Gasteiger partial charge on any atom is 0.329 e. The molecular formula is C70H90N10O12. The number of aromatic nitrogens is 6. The van der Waals surface area contributed by atoms with Crippen LogP contribution in [0.4, 0.5) is 0 Å². The zero-order valence-electron chi connectivity index (χ0n) is 55.5. The summed E-state index contributed by atoms with van der Waals surface area (Å²) in [6, 6.07) is 17.1. The molecule has 7 rings (SSSR count). The second-order valence-corrected chi connectivity index (χ2v) is 25.8. The summed E-state index contributed by atoms with van der Waals surface area (Å²) in [5.74, 6) is -7.60. The molecule has 1 aliphatic rings. The predicted octanol–water partition coefficient (Wildman–Crippen LogP) is 8.28. The monoisotopic (exact) mass is 1260 g/mol. The number of benzene rings is 2. The Labute approximate surface area is 539 Å². The van der Waals surface area contributed by atoms with E-state index < -0.39 is 96.1 Å². The van der Waals surface area contributed by atoms with Crippen LogP contribution in [0.2, 0.25) is 0 Å². The second kappa shape index (κ2) is 32.3. The highest BCUT2D eigenvalue weighted by Gasteiger charge is 2.43. The number of carbonyl (C=O) groups is 8. The van der Waals surface area contributed by atoms with Crippen molar-refractivity contribution in [3.8, 4) is 22.3 Å². The van der Waals surface area contributed by atoms with Crippen molar-refractivity contribution in [2.24, 2.45) is 23.7 Å². The van der Waals surface area contributed by atoms with E-state index in [0.717, 1.165) is 53.0 Å². The molecule has 0 saturated carbocycles. The topological polar surface area (TPSA) is 248 Å². The van der Waals surface area contributed by atoms with E-state index in [1.165, 1.54) is 42.0 Å². The van der Waals surface area contributed by atoms with Crippen molar-refractivity contribution in [1.82, 2.24) is 49.1 Å². The summed E-state index contributed by atoms with van der Waals surface area (Å²) in [7, 11) is 5.57. The molecule has 1 aliphatic heterocycles. The van der Waals surface area contributed by atoms with Gasteiger partial charge in [0.2, 0.25) is 0 Å². The standard InChI is InChI=1S/C70H90N10O12/c1-43(2)29-57-67(85)89-47(9)63(81)75(11)60(32-46(7)8)70(88)92-62(34-50-21-25-52(26-22-50)40-80-42-56(38-74-80)54-18-16-28-72-36-54)66(84)78(14)58(30-44(3)4)68(86)90-48(10)64(82)76(12)59(31-45(5)6)69(87)91-61(65(83)77(57)13)33-49-19-23-51(24-20-49)39-79-41-55(37-73-79)53-17-15-27-71-35-53/h15-28,35-38,41-48,57-62H,29-34,39-40H2,1-14H3/t47-,48-,57+,58+,59+,60+,61-,62-/m1/s1. The van der Waals surface area contributed by atoms with E-state index >= 15 is 9.59 Å². The van der Waals surface area contributed by atoms with Crippen LogP contribution in [0.5, 0.6) is 0 Å². The lowest BCUT2D eigenvalue weighted by molar-refractivity contribution is -0.176. The molecule has 0 N–H and O–H groups in total. The molecule has 0 unspecified atom stereocenters. The zero-order chi connectivity index (χ0) is 67.1. The van der Waals surface area contributed by atoms with Crippen LogP contribution in [-0.2, 0) is 83.2 Å². The highest BCUT2D eigenvalue weighted by atomic mass is 16.6. The van der Waals surface area contributed by atoms with Crippen molar-refractivity contribution in [3.05, 3.63) is 145 Å². The molecule has 0 aliphatic carbocycles. The van der Waals surface area contributed by atoms with Gasteiger partial charge in [-0.1, -0.05) is 116 Å². The van der Waals surface area contributed by atoms with Gasteiger partial charge in [0, 0.05) is 100 Å². The van der Waals surface area contributed by atoms with Gasteiger partial charge in [-0.15, -0.1) is 0 Å². The van der Waals surface area contributed by atoms with E-state index in [1.54, 1.807) is 70.8 Å². The third kappa shape index (κ3) is 19.0. The molecule has 1 saturated heterocycles. The Hall–Kier alpha value is -9.08. The number of likely N-dealkylation sites (N-methyl/N-ethyl adjacent to an activating group) is 4. The van der Waals surface area contributed by atoms with Crippen molar-refractivity contribution in [3.63, 3.8) is 0 Å². The molecule has 1 fully saturated rings. The quantitative estimate of drug-likeness (QED) is 0.0580. The maximum absolute atomic E-state index is 15.2. The Morgan fingerprint density at radius 1 is 0.380 bits per heavy atom. The first-order valence-corrected chi connectivity index (χ1v) is 31.6. The minimum atomic E-state index is -1.56. The molecule has 5 heterocycles. The first-order chi connectivity index (χ1) is 43.7. The van der Waals surface area contributed by atoms with Gasteiger partial charge in [-0.3, -0.25) is 38.5 Å². The van der Waals surface area contributed by atoms with Gasteiger partial charge in [0.15, 0.2) is 24.4 Å². The number of hydrogen-bond acceptors (Lipinski definition) is 16. The normalized spacial score (nSPS) is 21.7. The molecular weight excluding hydrogens is 1170 g/mol. The van der Waals surface area contributed by atoms with Crippen molar-refractivity contribution >= 4 is 47.5 Å². The summed E-state index contributed by atoms with van der Waals surface area (Å²) in [6.07, 6.45) is 8.08. The summed E-state index contributed by atoms with van der Waals surface area (Å²) >= 11 is 0. The SMILES string of the molecule is CC(C)C[C@H]1C(=O)O[C@H](Cc2ccc(Cn3cc(-c4cccnc4)cn3)cc2)C(=O)N(C)[C@@H](CC(C)C)C(=O)O[C@H](C)C(=O)N(C)[C@@H](CC(C)C)C(=O)O[C@H](Cc2ccc(Cn3cc(-c4cccnc4)cn3)cc2)C(=O)N(C)[C@@H](CC(C)C)C(=O)O[C@H](C)C(=O)N1C. The van der Waals surface area contributed by atoms with Crippen molar-refractivity contribution < 1.29 is 57.3 Å². The molecule has 8 atom stereocenters. The third-order valence-corrected chi connectivity index (χ3v) is 16.3. The summed E-state index contributed by atoms with van der Waals surface area (Å²) in [4.78, 5) is 132. The second-order valence-electron chi connectivity index (χ2n) is 25.8. The number of cyclic esters (lactones) is 4. The smallest absolute Gasteiger partial charge is 0.329 e. The molecule has 0 spiro atoms. The van der Waals surface area contributed by atoms with Crippen molar-refractivity contribution in [2.75, 3.05) is 28.2 Å². The van der Waals surface area contributed by atoms with E-state index in [0.29, 0.717) is 24.2 Å². The van der Waals surface area contributed by atoms with Gasteiger partial charge >= 0.3 is 23.9 Å². The van der Waals surface area contributed by atoms with Crippen molar-refractivity contribution in [1.29, 1.82) is 0 Å². The van der Waals surface area contributed by atoms with Crippen LogP contribution in [-0.4, -0.2) is 173 Å². The van der Waals surface area contributed by atoms with Crippen LogP contribution < -0.4 is 0 Å². The van der Waals surface area contributed by atoms with Crippen LogP contribution in [0.15, 0.2) is 122 Å². The Morgan fingerprint density at radius 2 is 0.674 bits per heavy atom. The molecule has 22 heteroatoms. The fourth-order valence-electron chi connectivity index (χ4n) is 11.1. The fraction of sp³-hybridized carbons (Fsp3) is 0.486. The third-order valence-electron chi connectivity index (χ3n) is 16.3. The largest absolute Gasteiger partial charge is 0.451 e. The lowest BCUT2D eigenvalue weighted by atomic mass is 9.99. The van der Waals surface area contributed by atoms with E-state index in [4.69, 9.17) is 18.9 Å². The van der Waals surface area contributed by atoms with E-state index in [-0.39, 0.29) is 62.2 Å². The summed E-state index contributed by atoms with van der Waals surface area (Å²) in [5.41, 5.74) is 6.58. The number of amides is 4. The molecule has 2 aromatic carbocycles. The predicted molar refractivity (Wildman–Crippen MR) is 344 cm³/mol. The fourth-order valence-corrected chi connectivity index (χ4v) is 11.1. The highest BCUT2D eigenvalue weighted by molar-refractivity contribution is 5.94. The average molecular weight is 1260 g/mol. The molecule has 0 radical (unpaired) electrons. The number of carbonyl (C=O) groups excluding carboxylic acids is 8. The van der Waals surface area contributed by atoms with Crippen LogP contribution in [0.3, 0.4) is 0 Å². The van der Waals surface area contributed by atoms with Gasteiger partial charge in [-0.2, -0.15) is 10.2 Å². The molecule has 492 valence electrons. The van der Waals surface area contributed by atoms with E-state index in [9.17, 15) is 28.8 Å². The van der Waals surface area contributed by atoms with Crippen LogP contribution in [0.1, 0.15) is 117 Å². The number of pyridine rings is 2. The number of ether oxygens (including phenoxy) is 4. The van der Waals surface area contributed by atoms with Crippen molar-refractivity contribution in [2.45, 2.75) is 169 Å². The van der Waals surface area contributed by atoms with Gasteiger partial charge in [0.05, 0.1) is 25.5 Å². The Bertz CT molecular complexity index is 3220. The van der Waals surface area contributed by atoms with E-state index in [1.807, 2.05) is 116 Å². The van der Waals surface area contributed by atoms with Gasteiger partial charge in [-0.05, 0) is 97.6 Å². The van der Waals surface area contributed by atoms with Crippen LogP contribution >= 0.6 is 0 Å². The summed E-state index contributed by atoms with van der Waals surface area (Å²) < 4.78 is 28.0. The average Bonchev–Trinajstić information content (AvgIpc) is 1.18. The number of esters is 4.